The lowest BCUT2D eigenvalue weighted by atomic mass is 9.79. The summed E-state index contributed by atoms with van der Waals surface area (Å²) in [5.74, 6) is -0.350. The molecule has 0 radical (unpaired) electrons. The van der Waals surface area contributed by atoms with Crippen LogP contribution in [-0.2, 0) is 20.2 Å². The summed E-state index contributed by atoms with van der Waals surface area (Å²) in [6.45, 7) is 5.90. The topological polar surface area (TPSA) is 66.5 Å². The lowest BCUT2D eigenvalue weighted by Gasteiger charge is -2.30. The Morgan fingerprint density at radius 3 is 2.21 bits per heavy atom. The monoisotopic (exact) mass is 422 g/mol. The molecular weight excluding hydrogens is 396 g/mol. The van der Waals surface area contributed by atoms with Crippen molar-refractivity contribution in [3.63, 3.8) is 0 Å². The molecule has 2 rings (SSSR count). The van der Waals surface area contributed by atoms with Crippen molar-refractivity contribution in [1.29, 1.82) is 0 Å². The summed E-state index contributed by atoms with van der Waals surface area (Å²) < 4.78 is 25.4. The first-order chi connectivity index (χ1) is 13.0. The summed E-state index contributed by atoms with van der Waals surface area (Å²) in [6, 6.07) is 16.3. The van der Waals surface area contributed by atoms with Crippen LogP contribution in [0.2, 0.25) is 5.02 Å². The second-order valence-electron chi connectivity index (χ2n) is 7.67. The molecule has 0 heterocycles. The van der Waals surface area contributed by atoms with Crippen LogP contribution in [0.4, 0.5) is 5.69 Å². The molecule has 28 heavy (non-hydrogen) atoms. The molecule has 0 saturated heterocycles. The number of nitrogens with zero attached hydrogens (tertiary/aromatic N) is 1. The number of carbonyl (C=O) groups is 1. The number of amides is 1. The normalized spacial score (nSPS) is 13.0. The third kappa shape index (κ3) is 6.24. The highest BCUT2D eigenvalue weighted by molar-refractivity contribution is 7.92. The van der Waals surface area contributed by atoms with Gasteiger partial charge in [0.25, 0.3) is 0 Å². The summed E-state index contributed by atoms with van der Waals surface area (Å²) in [6.07, 6.45) is 1.80. The van der Waals surface area contributed by atoms with E-state index in [0.717, 1.165) is 17.0 Å². The number of sulfonamides is 1. The Morgan fingerprint density at radius 2 is 1.68 bits per heavy atom. The van der Waals surface area contributed by atoms with Crippen LogP contribution in [0.25, 0.3) is 0 Å². The van der Waals surface area contributed by atoms with Crippen molar-refractivity contribution in [3.8, 4) is 0 Å². The number of anilines is 1. The van der Waals surface area contributed by atoms with E-state index in [1.54, 1.807) is 24.3 Å². The molecule has 152 valence electrons. The average molecular weight is 423 g/mol. The van der Waals surface area contributed by atoms with E-state index >= 15 is 0 Å². The predicted molar refractivity (Wildman–Crippen MR) is 115 cm³/mol. The fourth-order valence-electron chi connectivity index (χ4n) is 3.28. The van der Waals surface area contributed by atoms with E-state index in [9.17, 15) is 13.2 Å². The first-order valence-electron chi connectivity index (χ1n) is 9.07. The Hall–Kier alpha value is -2.05. The number of rotatable bonds is 8. The molecule has 1 N–H and O–H groups in total. The van der Waals surface area contributed by atoms with E-state index < -0.39 is 10.0 Å². The van der Waals surface area contributed by atoms with Gasteiger partial charge in [0.05, 0.1) is 11.9 Å². The Labute approximate surface area is 172 Å². The van der Waals surface area contributed by atoms with E-state index in [4.69, 9.17) is 11.6 Å². The van der Waals surface area contributed by atoms with Gasteiger partial charge in [0, 0.05) is 11.1 Å². The fourth-order valence-corrected chi connectivity index (χ4v) is 4.26. The number of benzene rings is 2. The van der Waals surface area contributed by atoms with Gasteiger partial charge in [-0.1, -0.05) is 55.8 Å². The Bertz CT molecular complexity index is 897. The minimum absolute atomic E-state index is 0.116. The van der Waals surface area contributed by atoms with Crippen LogP contribution in [0.1, 0.15) is 32.8 Å². The van der Waals surface area contributed by atoms with Gasteiger partial charge in [0.15, 0.2) is 0 Å². The first kappa shape index (κ1) is 22.2. The molecule has 0 aliphatic heterocycles. The molecule has 0 fully saturated rings. The summed E-state index contributed by atoms with van der Waals surface area (Å²) in [5, 5.41) is 3.42. The number of nitrogens with one attached hydrogen (secondary N) is 1. The van der Waals surface area contributed by atoms with E-state index in [-0.39, 0.29) is 23.9 Å². The van der Waals surface area contributed by atoms with Crippen molar-refractivity contribution in [3.05, 3.63) is 65.2 Å². The van der Waals surface area contributed by atoms with Crippen molar-refractivity contribution in [2.45, 2.75) is 38.6 Å². The van der Waals surface area contributed by atoms with Gasteiger partial charge < -0.3 is 5.32 Å². The molecule has 0 saturated carbocycles. The van der Waals surface area contributed by atoms with Crippen molar-refractivity contribution in [1.82, 2.24) is 5.32 Å². The van der Waals surface area contributed by atoms with Gasteiger partial charge >= 0.3 is 0 Å². The smallest absolute Gasteiger partial charge is 0.240 e. The molecule has 1 atom stereocenters. The maximum atomic E-state index is 12.5. The van der Waals surface area contributed by atoms with Gasteiger partial charge in [-0.3, -0.25) is 9.10 Å². The van der Waals surface area contributed by atoms with Crippen LogP contribution >= 0.6 is 11.6 Å². The third-order valence-corrected chi connectivity index (χ3v) is 5.97. The highest BCUT2D eigenvalue weighted by Gasteiger charge is 2.26. The van der Waals surface area contributed by atoms with Gasteiger partial charge in [-0.25, -0.2) is 8.42 Å². The quantitative estimate of drug-likeness (QED) is 0.699. The Kier molecular flexibility index (Phi) is 7.12. The lowest BCUT2D eigenvalue weighted by Crippen LogP contribution is -2.44. The van der Waals surface area contributed by atoms with Crippen LogP contribution in [-0.4, -0.2) is 33.2 Å². The third-order valence-electron chi connectivity index (χ3n) is 4.58. The largest absolute Gasteiger partial charge is 0.352 e. The summed E-state index contributed by atoms with van der Waals surface area (Å²) in [4.78, 5) is 12.5. The summed E-state index contributed by atoms with van der Waals surface area (Å²) in [7, 11) is -3.61. The van der Waals surface area contributed by atoms with Crippen molar-refractivity contribution in [2.24, 2.45) is 0 Å². The van der Waals surface area contributed by atoms with Crippen LogP contribution in [0.15, 0.2) is 54.6 Å². The molecule has 2 aromatic rings. The molecular formula is C21H27ClN2O3S. The van der Waals surface area contributed by atoms with Crippen molar-refractivity contribution in [2.75, 3.05) is 17.1 Å². The molecule has 7 heteroatoms. The molecule has 0 spiro atoms. The zero-order chi connectivity index (χ0) is 20.9. The molecule has 5 nitrogen and oxygen atoms in total. The standard InChI is InChI=1S/C21H27ClN2O3S/c1-16(14-21(2,3)17-8-6-5-7-9-17)23-20(25)15-24(28(4,26)27)19-12-10-18(22)11-13-19/h5-13,16H,14-15H2,1-4H3,(H,23,25). The summed E-state index contributed by atoms with van der Waals surface area (Å²) >= 11 is 5.87. The minimum atomic E-state index is -3.61. The van der Waals surface area contributed by atoms with Gasteiger partial charge in [-0.15, -0.1) is 0 Å². The average Bonchev–Trinajstić information content (AvgIpc) is 2.60. The highest BCUT2D eigenvalue weighted by Crippen LogP contribution is 2.28. The molecule has 2 aromatic carbocycles. The maximum absolute atomic E-state index is 12.5. The lowest BCUT2D eigenvalue weighted by molar-refractivity contribution is -0.120. The second-order valence-corrected chi connectivity index (χ2v) is 10.0. The fraction of sp³-hybridized carbons (Fsp3) is 0.381. The molecule has 0 aliphatic carbocycles. The highest BCUT2D eigenvalue weighted by atomic mass is 35.5. The Morgan fingerprint density at radius 1 is 1.11 bits per heavy atom. The predicted octanol–water partition coefficient (Wildman–Crippen LogP) is 3.98. The molecule has 0 aliphatic rings. The molecule has 1 unspecified atom stereocenters. The van der Waals surface area contributed by atoms with Crippen LogP contribution in [0, 0.1) is 0 Å². The van der Waals surface area contributed by atoms with Crippen molar-refractivity contribution < 1.29 is 13.2 Å². The zero-order valence-electron chi connectivity index (χ0n) is 16.6. The van der Waals surface area contributed by atoms with Crippen LogP contribution in [0.3, 0.4) is 0 Å². The van der Waals surface area contributed by atoms with E-state index in [0.29, 0.717) is 10.7 Å². The number of hydrogen-bond acceptors (Lipinski definition) is 3. The van der Waals surface area contributed by atoms with Gasteiger partial charge in [0.1, 0.15) is 6.54 Å². The summed E-state index contributed by atoms with van der Waals surface area (Å²) in [5.41, 5.74) is 1.47. The maximum Gasteiger partial charge on any atom is 0.240 e. The molecule has 1 amide bonds. The number of halogens is 1. The Balaban J connectivity index is 2.05. The minimum Gasteiger partial charge on any atom is -0.352 e. The van der Waals surface area contributed by atoms with Gasteiger partial charge in [-0.2, -0.15) is 0 Å². The van der Waals surface area contributed by atoms with Gasteiger partial charge in [0.2, 0.25) is 15.9 Å². The van der Waals surface area contributed by atoms with Crippen LogP contribution < -0.4 is 9.62 Å². The molecule has 0 bridgehead atoms. The van der Waals surface area contributed by atoms with E-state index in [2.05, 4.69) is 31.3 Å². The number of hydrogen-bond donors (Lipinski definition) is 1. The van der Waals surface area contributed by atoms with E-state index in [1.807, 2.05) is 25.1 Å². The van der Waals surface area contributed by atoms with E-state index in [1.165, 1.54) is 5.56 Å². The second kappa shape index (κ2) is 8.97. The first-order valence-corrected chi connectivity index (χ1v) is 11.3. The molecule has 0 aromatic heterocycles. The number of carbonyl (C=O) groups excluding carboxylic acids is 1. The van der Waals surface area contributed by atoms with Gasteiger partial charge in [-0.05, 0) is 48.6 Å². The SMILES string of the molecule is CC(CC(C)(C)c1ccccc1)NC(=O)CN(c1ccc(Cl)cc1)S(C)(=O)=O. The zero-order valence-corrected chi connectivity index (χ0v) is 18.2. The van der Waals surface area contributed by atoms with Crippen LogP contribution in [0.5, 0.6) is 0 Å². The van der Waals surface area contributed by atoms with Crippen molar-refractivity contribution >= 4 is 33.2 Å².